The predicted octanol–water partition coefficient (Wildman–Crippen LogP) is 1.09. The van der Waals surface area contributed by atoms with Gasteiger partial charge in [-0.15, -0.1) is 0 Å². The van der Waals surface area contributed by atoms with E-state index in [0.29, 0.717) is 11.3 Å². The van der Waals surface area contributed by atoms with Crippen LogP contribution in [0.25, 0.3) is 0 Å². The molecule has 2 N–H and O–H groups in total. The molecule has 5 heteroatoms. The highest BCUT2D eigenvalue weighted by molar-refractivity contribution is 6.30. The fourth-order valence-electron chi connectivity index (χ4n) is 0.862. The van der Waals surface area contributed by atoms with Gasteiger partial charge in [0.2, 0.25) is 5.95 Å². The fourth-order valence-corrected chi connectivity index (χ4v) is 1.15. The Balaban J connectivity index is 3.21. The Bertz CT molecular complexity index is 319. The normalized spacial score (nSPS) is 9.42. The van der Waals surface area contributed by atoms with Gasteiger partial charge in [0.1, 0.15) is 5.15 Å². The summed E-state index contributed by atoms with van der Waals surface area (Å²) >= 11 is 5.73. The summed E-state index contributed by atoms with van der Waals surface area (Å²) in [4.78, 5) is 7.62. The van der Waals surface area contributed by atoms with Gasteiger partial charge in [-0.25, -0.2) is 9.97 Å². The van der Waals surface area contributed by atoms with Crippen LogP contribution in [0.3, 0.4) is 0 Å². The lowest BCUT2D eigenvalue weighted by atomic mass is 10.2. The van der Waals surface area contributed by atoms with Gasteiger partial charge in [-0.3, -0.25) is 0 Å². The van der Waals surface area contributed by atoms with E-state index in [1.54, 1.807) is 6.92 Å². The summed E-state index contributed by atoms with van der Waals surface area (Å²) in [6.07, 6.45) is 0.213. The second-order valence-electron chi connectivity index (χ2n) is 2.27. The second kappa shape index (κ2) is 3.37. The van der Waals surface area contributed by atoms with Crippen molar-refractivity contribution in [3.63, 3.8) is 0 Å². The second-order valence-corrected chi connectivity index (χ2v) is 2.63. The number of aromatic nitrogens is 2. The summed E-state index contributed by atoms with van der Waals surface area (Å²) in [5, 5.41) is 8.71. The molecule has 1 aromatic rings. The minimum atomic E-state index is 0.138. The average molecular weight is 183 g/mol. The Hall–Kier alpha value is -1.34. The molecule has 0 atom stereocenters. The van der Waals surface area contributed by atoms with Crippen molar-refractivity contribution in [1.82, 2.24) is 9.97 Å². The van der Waals surface area contributed by atoms with Gasteiger partial charge in [0.25, 0.3) is 0 Å². The van der Waals surface area contributed by atoms with Crippen molar-refractivity contribution in [1.29, 1.82) is 5.26 Å². The lowest BCUT2D eigenvalue weighted by Gasteiger charge is -2.02. The summed E-state index contributed by atoms with van der Waals surface area (Å²) < 4.78 is 0. The molecule has 0 saturated heterocycles. The lowest BCUT2D eigenvalue weighted by molar-refractivity contribution is 1.05. The lowest BCUT2D eigenvalue weighted by Crippen LogP contribution is -2.01. The maximum absolute atomic E-state index is 8.44. The molecule has 1 aromatic heterocycles. The zero-order valence-corrected chi connectivity index (χ0v) is 7.26. The van der Waals surface area contributed by atoms with E-state index in [4.69, 9.17) is 22.6 Å². The molecule has 0 aliphatic heterocycles. The van der Waals surface area contributed by atoms with Crippen LogP contribution in [0.15, 0.2) is 0 Å². The summed E-state index contributed by atoms with van der Waals surface area (Å²) in [6.45, 7) is 1.75. The molecule has 0 aliphatic rings. The SMILES string of the molecule is Cc1nc(N)nc(Cl)c1CC#N. The van der Waals surface area contributed by atoms with Crippen LogP contribution in [0.4, 0.5) is 5.95 Å². The van der Waals surface area contributed by atoms with Crippen LogP contribution in [-0.4, -0.2) is 9.97 Å². The van der Waals surface area contributed by atoms with Crippen molar-refractivity contribution in [2.24, 2.45) is 0 Å². The first kappa shape index (κ1) is 8.75. The number of anilines is 1. The van der Waals surface area contributed by atoms with E-state index in [1.165, 1.54) is 0 Å². The number of hydrogen-bond donors (Lipinski definition) is 1. The summed E-state index contributed by atoms with van der Waals surface area (Å²) in [6, 6.07) is 1.98. The molecule has 4 nitrogen and oxygen atoms in total. The van der Waals surface area contributed by atoms with Gasteiger partial charge in [-0.2, -0.15) is 5.26 Å². The third-order valence-electron chi connectivity index (χ3n) is 1.44. The van der Waals surface area contributed by atoms with Gasteiger partial charge >= 0.3 is 0 Å². The summed E-state index contributed by atoms with van der Waals surface area (Å²) in [7, 11) is 0. The molecule has 0 unspecified atom stereocenters. The number of hydrogen-bond acceptors (Lipinski definition) is 4. The minimum Gasteiger partial charge on any atom is -0.368 e. The molecule has 0 saturated carbocycles. The highest BCUT2D eigenvalue weighted by Crippen LogP contribution is 2.17. The van der Waals surface area contributed by atoms with Crippen LogP contribution in [0, 0.1) is 18.3 Å². The van der Waals surface area contributed by atoms with E-state index in [2.05, 4.69) is 9.97 Å². The molecule has 0 spiro atoms. The number of halogens is 1. The van der Waals surface area contributed by atoms with Gasteiger partial charge in [0.15, 0.2) is 0 Å². The van der Waals surface area contributed by atoms with Gasteiger partial charge < -0.3 is 5.73 Å². The molecule has 0 bridgehead atoms. The van der Waals surface area contributed by atoms with Crippen molar-refractivity contribution >= 4 is 17.5 Å². The molecule has 0 amide bonds. The molecule has 1 rings (SSSR count). The van der Waals surface area contributed by atoms with Crippen molar-refractivity contribution in [3.8, 4) is 6.07 Å². The Morgan fingerprint density at radius 2 is 2.25 bits per heavy atom. The maximum atomic E-state index is 8.44. The fraction of sp³-hybridized carbons (Fsp3) is 0.286. The number of nitrogens with zero attached hydrogens (tertiary/aromatic N) is 3. The van der Waals surface area contributed by atoms with Crippen molar-refractivity contribution in [2.75, 3.05) is 5.73 Å². The number of nitrogens with two attached hydrogens (primary N) is 1. The third-order valence-corrected chi connectivity index (χ3v) is 1.75. The molecule has 0 aromatic carbocycles. The van der Waals surface area contributed by atoms with E-state index in [1.807, 2.05) is 6.07 Å². The molecule has 0 radical (unpaired) electrons. The van der Waals surface area contributed by atoms with E-state index >= 15 is 0 Å². The topological polar surface area (TPSA) is 75.6 Å². The Morgan fingerprint density at radius 1 is 1.58 bits per heavy atom. The van der Waals surface area contributed by atoms with E-state index in [0.717, 1.165) is 0 Å². The van der Waals surface area contributed by atoms with Crippen molar-refractivity contribution < 1.29 is 0 Å². The van der Waals surface area contributed by atoms with Gasteiger partial charge in [0.05, 0.1) is 12.5 Å². The molecule has 0 aliphatic carbocycles. The Labute approximate surface area is 75.0 Å². The van der Waals surface area contributed by atoms with E-state index < -0.39 is 0 Å². The Morgan fingerprint density at radius 3 is 2.75 bits per heavy atom. The van der Waals surface area contributed by atoms with Gasteiger partial charge in [-0.05, 0) is 6.92 Å². The van der Waals surface area contributed by atoms with Crippen LogP contribution in [0.5, 0.6) is 0 Å². The van der Waals surface area contributed by atoms with Gasteiger partial charge in [0, 0.05) is 11.3 Å². The molecule has 12 heavy (non-hydrogen) atoms. The molecular weight excluding hydrogens is 176 g/mol. The number of nitrogen functional groups attached to an aromatic ring is 1. The first-order chi connectivity index (χ1) is 5.65. The van der Waals surface area contributed by atoms with E-state index in [9.17, 15) is 0 Å². The van der Waals surface area contributed by atoms with Crippen LogP contribution >= 0.6 is 11.6 Å². The highest BCUT2D eigenvalue weighted by atomic mass is 35.5. The first-order valence-electron chi connectivity index (χ1n) is 3.30. The smallest absolute Gasteiger partial charge is 0.221 e. The van der Waals surface area contributed by atoms with Crippen LogP contribution in [0.2, 0.25) is 5.15 Å². The van der Waals surface area contributed by atoms with Gasteiger partial charge in [-0.1, -0.05) is 11.6 Å². The highest BCUT2D eigenvalue weighted by Gasteiger charge is 2.07. The maximum Gasteiger partial charge on any atom is 0.221 e. The Kier molecular flexibility index (Phi) is 2.46. The molecule has 62 valence electrons. The van der Waals surface area contributed by atoms with E-state index in [-0.39, 0.29) is 17.5 Å². The number of nitriles is 1. The zero-order valence-electron chi connectivity index (χ0n) is 6.50. The first-order valence-corrected chi connectivity index (χ1v) is 3.68. The zero-order chi connectivity index (χ0) is 9.14. The monoisotopic (exact) mass is 182 g/mol. The third kappa shape index (κ3) is 1.63. The molecule has 0 fully saturated rings. The number of rotatable bonds is 1. The van der Waals surface area contributed by atoms with Crippen molar-refractivity contribution in [3.05, 3.63) is 16.4 Å². The predicted molar refractivity (Wildman–Crippen MR) is 45.5 cm³/mol. The average Bonchev–Trinajstić information content (AvgIpc) is 1.96. The van der Waals surface area contributed by atoms with Crippen molar-refractivity contribution in [2.45, 2.75) is 13.3 Å². The van der Waals surface area contributed by atoms with Crippen LogP contribution in [-0.2, 0) is 6.42 Å². The van der Waals surface area contributed by atoms with Crippen LogP contribution < -0.4 is 5.73 Å². The molecule has 1 heterocycles. The largest absolute Gasteiger partial charge is 0.368 e. The minimum absolute atomic E-state index is 0.138. The summed E-state index contributed by atoms with van der Waals surface area (Å²) in [5.41, 5.74) is 6.64. The number of aryl methyl sites for hydroxylation is 1. The quantitative estimate of drug-likeness (QED) is 0.660. The standard InChI is InChI=1S/C7H7ClN4/c1-4-5(2-3-9)6(8)12-7(10)11-4/h2H2,1H3,(H2,10,11,12). The van der Waals surface area contributed by atoms with Crippen LogP contribution in [0.1, 0.15) is 11.3 Å². The summed E-state index contributed by atoms with van der Waals surface area (Å²) in [5.74, 6) is 0.138. The molecular formula is C7H7ClN4.